The molecule has 0 spiro atoms. The third kappa shape index (κ3) is 4.96. The molecule has 1 heterocycles. The van der Waals surface area contributed by atoms with Gasteiger partial charge in [0.1, 0.15) is 0 Å². The molecular formula is C17H28N2. The molecule has 0 aliphatic carbocycles. The van der Waals surface area contributed by atoms with Crippen LogP contribution in [0.4, 0.5) is 0 Å². The maximum atomic E-state index is 3.60. The summed E-state index contributed by atoms with van der Waals surface area (Å²) in [4.78, 5) is 0. The van der Waals surface area contributed by atoms with E-state index in [0.29, 0.717) is 0 Å². The van der Waals surface area contributed by atoms with Crippen molar-refractivity contribution in [3.63, 3.8) is 0 Å². The quantitative estimate of drug-likeness (QED) is 0.769. The summed E-state index contributed by atoms with van der Waals surface area (Å²) < 4.78 is 0. The van der Waals surface area contributed by atoms with Gasteiger partial charge in [0.05, 0.1) is 0 Å². The topological polar surface area (TPSA) is 24.1 Å². The lowest BCUT2D eigenvalue weighted by Gasteiger charge is -2.22. The van der Waals surface area contributed by atoms with E-state index in [1.807, 2.05) is 0 Å². The van der Waals surface area contributed by atoms with Crippen molar-refractivity contribution in [2.24, 2.45) is 5.92 Å². The third-order valence-corrected chi connectivity index (χ3v) is 4.26. The number of rotatable bonds is 6. The molecule has 2 heteroatoms. The van der Waals surface area contributed by atoms with Crippen molar-refractivity contribution in [2.45, 2.75) is 39.5 Å². The van der Waals surface area contributed by atoms with Crippen molar-refractivity contribution in [2.75, 3.05) is 26.2 Å². The minimum Gasteiger partial charge on any atom is -0.317 e. The predicted octanol–water partition coefficient (Wildman–Crippen LogP) is 2.83. The Balaban J connectivity index is 1.61. The van der Waals surface area contributed by atoms with Gasteiger partial charge in [-0.25, -0.2) is 0 Å². The lowest BCUT2D eigenvalue weighted by atomic mass is 9.95. The van der Waals surface area contributed by atoms with E-state index in [4.69, 9.17) is 0 Å². The Morgan fingerprint density at radius 3 is 2.68 bits per heavy atom. The summed E-state index contributed by atoms with van der Waals surface area (Å²) in [6.07, 6.45) is 5.21. The second-order valence-corrected chi connectivity index (χ2v) is 5.91. The zero-order valence-electron chi connectivity index (χ0n) is 12.5. The van der Waals surface area contributed by atoms with Crippen LogP contribution in [0.2, 0.25) is 0 Å². The van der Waals surface area contributed by atoms with Crippen molar-refractivity contribution < 1.29 is 0 Å². The van der Waals surface area contributed by atoms with Crippen LogP contribution in [0.25, 0.3) is 0 Å². The molecule has 0 bridgehead atoms. The smallest absolute Gasteiger partial charge is 0.000825 e. The van der Waals surface area contributed by atoms with Crippen LogP contribution in [0.1, 0.15) is 36.0 Å². The number of piperidine rings is 1. The summed E-state index contributed by atoms with van der Waals surface area (Å²) in [5.41, 5.74) is 4.28. The van der Waals surface area contributed by atoms with E-state index in [9.17, 15) is 0 Å². The number of hydrogen-bond acceptors (Lipinski definition) is 2. The van der Waals surface area contributed by atoms with Crippen LogP contribution in [0.5, 0.6) is 0 Å². The molecule has 106 valence electrons. The SMILES string of the molecule is Cc1ccc(CCNCCC2CCNCC2)c(C)c1. The molecule has 2 N–H and O–H groups in total. The Bertz CT molecular complexity index is 381. The van der Waals surface area contributed by atoms with E-state index in [1.54, 1.807) is 0 Å². The number of aryl methyl sites for hydroxylation is 2. The van der Waals surface area contributed by atoms with Crippen LogP contribution in [-0.4, -0.2) is 26.2 Å². The summed E-state index contributed by atoms with van der Waals surface area (Å²) in [7, 11) is 0. The van der Waals surface area contributed by atoms with Crippen LogP contribution in [0.15, 0.2) is 18.2 Å². The lowest BCUT2D eigenvalue weighted by Crippen LogP contribution is -2.30. The zero-order chi connectivity index (χ0) is 13.5. The fourth-order valence-electron chi connectivity index (χ4n) is 2.95. The molecule has 2 nitrogen and oxygen atoms in total. The molecule has 0 atom stereocenters. The second-order valence-electron chi connectivity index (χ2n) is 5.91. The molecule has 0 unspecified atom stereocenters. The average Bonchev–Trinajstić information content (AvgIpc) is 2.42. The number of hydrogen-bond donors (Lipinski definition) is 2. The molecule has 0 saturated carbocycles. The van der Waals surface area contributed by atoms with Crippen molar-refractivity contribution in [3.05, 3.63) is 34.9 Å². The highest BCUT2D eigenvalue weighted by atomic mass is 14.9. The molecule has 19 heavy (non-hydrogen) atoms. The van der Waals surface area contributed by atoms with E-state index < -0.39 is 0 Å². The van der Waals surface area contributed by atoms with Gasteiger partial charge in [0.25, 0.3) is 0 Å². The van der Waals surface area contributed by atoms with Crippen LogP contribution < -0.4 is 10.6 Å². The van der Waals surface area contributed by atoms with Crippen LogP contribution in [0.3, 0.4) is 0 Å². The zero-order valence-corrected chi connectivity index (χ0v) is 12.5. The molecule has 2 rings (SSSR count). The monoisotopic (exact) mass is 260 g/mol. The average molecular weight is 260 g/mol. The van der Waals surface area contributed by atoms with Gasteiger partial charge in [0, 0.05) is 0 Å². The first kappa shape index (κ1) is 14.5. The van der Waals surface area contributed by atoms with Crippen LogP contribution in [-0.2, 0) is 6.42 Å². The highest BCUT2D eigenvalue weighted by molar-refractivity contribution is 5.30. The van der Waals surface area contributed by atoms with Gasteiger partial charge in [-0.1, -0.05) is 23.8 Å². The molecule has 0 amide bonds. The summed E-state index contributed by atoms with van der Waals surface area (Å²) in [5, 5.41) is 7.03. The van der Waals surface area contributed by atoms with E-state index >= 15 is 0 Å². The van der Waals surface area contributed by atoms with E-state index in [1.165, 1.54) is 55.6 Å². The first-order valence-corrected chi connectivity index (χ1v) is 7.73. The predicted molar refractivity (Wildman–Crippen MR) is 82.7 cm³/mol. The van der Waals surface area contributed by atoms with Crippen molar-refractivity contribution in [1.29, 1.82) is 0 Å². The van der Waals surface area contributed by atoms with Gasteiger partial charge in [-0.15, -0.1) is 0 Å². The van der Waals surface area contributed by atoms with E-state index in [0.717, 1.165) is 18.9 Å². The van der Waals surface area contributed by atoms with Crippen molar-refractivity contribution in [1.82, 2.24) is 10.6 Å². The van der Waals surface area contributed by atoms with Gasteiger partial charge in [-0.05, 0) is 82.8 Å². The Morgan fingerprint density at radius 1 is 1.16 bits per heavy atom. The number of benzene rings is 1. The Labute approximate surface area is 118 Å². The van der Waals surface area contributed by atoms with Crippen molar-refractivity contribution >= 4 is 0 Å². The molecule has 0 aromatic heterocycles. The van der Waals surface area contributed by atoms with Gasteiger partial charge < -0.3 is 10.6 Å². The molecule has 1 aromatic carbocycles. The first-order valence-electron chi connectivity index (χ1n) is 7.73. The Kier molecular flexibility index (Phi) is 5.87. The Hall–Kier alpha value is -0.860. The van der Waals surface area contributed by atoms with E-state index in [-0.39, 0.29) is 0 Å². The fraction of sp³-hybridized carbons (Fsp3) is 0.647. The largest absolute Gasteiger partial charge is 0.317 e. The normalized spacial score (nSPS) is 16.7. The van der Waals surface area contributed by atoms with Gasteiger partial charge in [-0.3, -0.25) is 0 Å². The molecule has 1 aromatic rings. The summed E-state index contributed by atoms with van der Waals surface area (Å²) >= 11 is 0. The molecule has 1 saturated heterocycles. The van der Waals surface area contributed by atoms with Gasteiger partial charge in [0.15, 0.2) is 0 Å². The minimum absolute atomic E-state index is 0.940. The second kappa shape index (κ2) is 7.66. The number of nitrogens with one attached hydrogen (secondary N) is 2. The molecule has 1 fully saturated rings. The van der Waals surface area contributed by atoms with Gasteiger partial charge >= 0.3 is 0 Å². The summed E-state index contributed by atoms with van der Waals surface area (Å²) in [5.74, 6) is 0.940. The third-order valence-electron chi connectivity index (χ3n) is 4.26. The standard InChI is InChI=1S/C17H28N2/c1-14-3-4-17(15(2)13-14)8-12-19-11-7-16-5-9-18-10-6-16/h3-4,13,16,18-19H,5-12H2,1-2H3. The maximum Gasteiger partial charge on any atom is -0.000825 e. The van der Waals surface area contributed by atoms with Crippen LogP contribution in [0, 0.1) is 19.8 Å². The highest BCUT2D eigenvalue weighted by Gasteiger charge is 2.11. The highest BCUT2D eigenvalue weighted by Crippen LogP contribution is 2.15. The van der Waals surface area contributed by atoms with Gasteiger partial charge in [-0.2, -0.15) is 0 Å². The molecule has 1 aliphatic rings. The van der Waals surface area contributed by atoms with Crippen LogP contribution >= 0.6 is 0 Å². The fourth-order valence-corrected chi connectivity index (χ4v) is 2.95. The first-order chi connectivity index (χ1) is 9.25. The summed E-state index contributed by atoms with van der Waals surface area (Å²) in [6.45, 7) is 9.09. The molecule has 0 radical (unpaired) electrons. The summed E-state index contributed by atoms with van der Waals surface area (Å²) in [6, 6.07) is 6.78. The van der Waals surface area contributed by atoms with E-state index in [2.05, 4.69) is 42.7 Å². The maximum absolute atomic E-state index is 3.60. The molecule has 1 aliphatic heterocycles. The minimum atomic E-state index is 0.940. The molecular weight excluding hydrogens is 232 g/mol. The van der Waals surface area contributed by atoms with Crippen molar-refractivity contribution in [3.8, 4) is 0 Å². The van der Waals surface area contributed by atoms with Gasteiger partial charge in [0.2, 0.25) is 0 Å². The Morgan fingerprint density at radius 2 is 1.95 bits per heavy atom. The lowest BCUT2D eigenvalue weighted by molar-refractivity contribution is 0.349.